The van der Waals surface area contributed by atoms with Crippen LogP contribution in [0.25, 0.3) is 0 Å². The molecule has 0 aromatic carbocycles. The first kappa shape index (κ1) is 14.7. The summed E-state index contributed by atoms with van der Waals surface area (Å²) in [6.45, 7) is 4.53. The van der Waals surface area contributed by atoms with Gasteiger partial charge in [0, 0.05) is 53.1 Å². The summed E-state index contributed by atoms with van der Waals surface area (Å²) in [6.07, 6.45) is 1.65. The lowest BCUT2D eigenvalue weighted by molar-refractivity contribution is 0.0592. The number of pyridine rings is 1. The van der Waals surface area contributed by atoms with E-state index in [4.69, 9.17) is 4.74 Å². The van der Waals surface area contributed by atoms with Gasteiger partial charge in [-0.05, 0) is 12.1 Å². The highest BCUT2D eigenvalue weighted by Crippen LogP contribution is 2.06. The number of carbonyl (C=O) groups is 1. The van der Waals surface area contributed by atoms with Crippen LogP contribution in [0.4, 0.5) is 0 Å². The second-order valence-electron chi connectivity index (χ2n) is 4.96. The van der Waals surface area contributed by atoms with Crippen LogP contribution < -0.4 is 5.56 Å². The Kier molecular flexibility index (Phi) is 4.92. The molecule has 1 aromatic heterocycles. The first-order chi connectivity index (χ1) is 9.63. The quantitative estimate of drug-likeness (QED) is 0.765. The molecule has 1 aromatic rings. The smallest absolute Gasteiger partial charge is 0.263 e. The number of aryl methyl sites for hydroxylation is 1. The van der Waals surface area contributed by atoms with Crippen molar-refractivity contribution in [2.45, 2.75) is 0 Å². The van der Waals surface area contributed by atoms with Crippen molar-refractivity contribution >= 4 is 5.91 Å². The van der Waals surface area contributed by atoms with Crippen LogP contribution in [0.3, 0.4) is 0 Å². The number of hydrogen-bond donors (Lipinski definition) is 0. The zero-order valence-corrected chi connectivity index (χ0v) is 12.0. The second-order valence-corrected chi connectivity index (χ2v) is 4.96. The first-order valence-corrected chi connectivity index (χ1v) is 6.79. The van der Waals surface area contributed by atoms with Crippen LogP contribution in [0, 0.1) is 0 Å². The number of carbonyl (C=O) groups excluding carboxylic acids is 1. The van der Waals surface area contributed by atoms with E-state index in [1.807, 2.05) is 0 Å². The summed E-state index contributed by atoms with van der Waals surface area (Å²) < 4.78 is 6.48. The summed E-state index contributed by atoms with van der Waals surface area (Å²) >= 11 is 0. The van der Waals surface area contributed by atoms with Gasteiger partial charge in [0.05, 0.1) is 6.61 Å². The molecule has 2 heterocycles. The van der Waals surface area contributed by atoms with Gasteiger partial charge in [-0.1, -0.05) is 0 Å². The number of aromatic nitrogens is 1. The Balaban J connectivity index is 1.98. The Morgan fingerprint density at radius 1 is 1.30 bits per heavy atom. The van der Waals surface area contributed by atoms with E-state index in [1.54, 1.807) is 37.4 Å². The first-order valence-electron chi connectivity index (χ1n) is 6.79. The number of nitrogens with zero attached hydrogens (tertiary/aromatic N) is 3. The zero-order valence-electron chi connectivity index (χ0n) is 12.0. The van der Waals surface area contributed by atoms with Gasteiger partial charge in [0.2, 0.25) is 0 Å². The summed E-state index contributed by atoms with van der Waals surface area (Å²) in [5.41, 5.74) is 0.0136. The van der Waals surface area contributed by atoms with Crippen molar-refractivity contribution in [2.24, 2.45) is 7.05 Å². The number of methoxy groups -OCH3 is 1. The fraction of sp³-hybridized carbons (Fsp3) is 0.571. The maximum atomic E-state index is 12.4. The predicted molar refractivity (Wildman–Crippen MR) is 75.9 cm³/mol. The third-order valence-corrected chi connectivity index (χ3v) is 3.62. The van der Waals surface area contributed by atoms with E-state index in [2.05, 4.69) is 4.90 Å². The molecule has 1 aliphatic heterocycles. The van der Waals surface area contributed by atoms with E-state index in [9.17, 15) is 9.59 Å². The molecule has 1 saturated heterocycles. The van der Waals surface area contributed by atoms with Crippen LogP contribution in [0.2, 0.25) is 0 Å². The summed E-state index contributed by atoms with van der Waals surface area (Å²) in [4.78, 5) is 28.3. The molecule has 0 bridgehead atoms. The molecule has 110 valence electrons. The number of hydrogen-bond acceptors (Lipinski definition) is 4. The van der Waals surface area contributed by atoms with Crippen molar-refractivity contribution in [1.82, 2.24) is 14.4 Å². The van der Waals surface area contributed by atoms with Crippen LogP contribution >= 0.6 is 0 Å². The van der Waals surface area contributed by atoms with Crippen molar-refractivity contribution < 1.29 is 9.53 Å². The van der Waals surface area contributed by atoms with Gasteiger partial charge in [-0.25, -0.2) is 0 Å². The number of piperazine rings is 1. The largest absolute Gasteiger partial charge is 0.383 e. The van der Waals surface area contributed by atoms with Crippen molar-refractivity contribution in [3.05, 3.63) is 34.2 Å². The summed E-state index contributed by atoms with van der Waals surface area (Å²) in [7, 11) is 3.34. The highest BCUT2D eigenvalue weighted by Gasteiger charge is 2.23. The second kappa shape index (κ2) is 6.67. The molecule has 1 fully saturated rings. The van der Waals surface area contributed by atoms with E-state index < -0.39 is 0 Å². The third-order valence-electron chi connectivity index (χ3n) is 3.62. The molecule has 6 heteroatoms. The van der Waals surface area contributed by atoms with Gasteiger partial charge in [-0.15, -0.1) is 0 Å². The van der Waals surface area contributed by atoms with Crippen molar-refractivity contribution in [1.29, 1.82) is 0 Å². The normalized spacial score (nSPS) is 16.4. The lowest BCUT2D eigenvalue weighted by Crippen LogP contribution is -2.50. The lowest BCUT2D eigenvalue weighted by Gasteiger charge is -2.34. The highest BCUT2D eigenvalue weighted by molar-refractivity contribution is 5.93. The third kappa shape index (κ3) is 3.26. The Labute approximate surface area is 118 Å². The topological polar surface area (TPSA) is 54.8 Å². The Morgan fingerprint density at radius 2 is 2.00 bits per heavy atom. The van der Waals surface area contributed by atoms with Crippen molar-refractivity contribution in [2.75, 3.05) is 46.4 Å². The van der Waals surface area contributed by atoms with Gasteiger partial charge >= 0.3 is 0 Å². The summed E-state index contributed by atoms with van der Waals surface area (Å²) in [6, 6.07) is 3.32. The monoisotopic (exact) mass is 279 g/mol. The number of rotatable bonds is 4. The minimum atomic E-state index is -0.237. The van der Waals surface area contributed by atoms with Crippen LogP contribution in [0.5, 0.6) is 0 Å². The van der Waals surface area contributed by atoms with Gasteiger partial charge in [-0.2, -0.15) is 0 Å². The minimum absolute atomic E-state index is 0.169. The van der Waals surface area contributed by atoms with Crippen molar-refractivity contribution in [3.63, 3.8) is 0 Å². The molecule has 0 aliphatic carbocycles. The predicted octanol–water partition coefficient (Wildman–Crippen LogP) is -0.210. The highest BCUT2D eigenvalue weighted by atomic mass is 16.5. The minimum Gasteiger partial charge on any atom is -0.383 e. The van der Waals surface area contributed by atoms with Crippen LogP contribution in [-0.2, 0) is 11.8 Å². The van der Waals surface area contributed by atoms with Gasteiger partial charge < -0.3 is 14.2 Å². The average Bonchev–Trinajstić information content (AvgIpc) is 2.48. The Bertz CT molecular complexity index is 519. The van der Waals surface area contributed by atoms with Crippen LogP contribution in [-0.4, -0.2) is 66.7 Å². The number of ether oxygens (including phenoxy) is 1. The lowest BCUT2D eigenvalue weighted by atomic mass is 10.2. The van der Waals surface area contributed by atoms with E-state index in [0.717, 1.165) is 19.6 Å². The van der Waals surface area contributed by atoms with E-state index in [1.165, 1.54) is 4.57 Å². The van der Waals surface area contributed by atoms with E-state index in [0.29, 0.717) is 19.7 Å². The molecule has 0 spiro atoms. The molecular formula is C14H21N3O3. The molecule has 0 unspecified atom stereocenters. The molecule has 0 atom stereocenters. The fourth-order valence-electron chi connectivity index (χ4n) is 2.33. The standard InChI is InChI=1S/C14H21N3O3/c1-15-5-3-4-12(13(15)18)14(19)17-8-6-16(7-9-17)10-11-20-2/h3-5H,6-11H2,1-2H3. The SMILES string of the molecule is COCCN1CCN(C(=O)c2cccn(C)c2=O)CC1. The number of amides is 1. The fourth-order valence-corrected chi connectivity index (χ4v) is 2.33. The van der Waals surface area contributed by atoms with Crippen LogP contribution in [0.1, 0.15) is 10.4 Å². The molecule has 20 heavy (non-hydrogen) atoms. The molecule has 6 nitrogen and oxygen atoms in total. The van der Waals surface area contributed by atoms with Crippen molar-refractivity contribution in [3.8, 4) is 0 Å². The van der Waals surface area contributed by atoms with E-state index >= 15 is 0 Å². The Morgan fingerprint density at radius 3 is 2.65 bits per heavy atom. The molecule has 1 amide bonds. The van der Waals surface area contributed by atoms with Gasteiger partial charge in [-0.3, -0.25) is 14.5 Å². The summed E-state index contributed by atoms with van der Waals surface area (Å²) in [5, 5.41) is 0. The van der Waals surface area contributed by atoms with Gasteiger partial charge in [0.1, 0.15) is 5.56 Å². The van der Waals surface area contributed by atoms with Crippen LogP contribution in [0.15, 0.2) is 23.1 Å². The Hall–Kier alpha value is -1.66. The molecule has 0 N–H and O–H groups in total. The maximum Gasteiger partial charge on any atom is 0.263 e. The van der Waals surface area contributed by atoms with Gasteiger partial charge in [0.15, 0.2) is 0 Å². The zero-order chi connectivity index (χ0) is 14.5. The van der Waals surface area contributed by atoms with E-state index in [-0.39, 0.29) is 17.0 Å². The molecular weight excluding hydrogens is 258 g/mol. The average molecular weight is 279 g/mol. The molecule has 0 saturated carbocycles. The molecule has 2 rings (SSSR count). The summed E-state index contributed by atoms with van der Waals surface area (Å²) in [5.74, 6) is -0.169. The maximum absolute atomic E-state index is 12.4. The molecule has 1 aliphatic rings. The molecule has 0 radical (unpaired) electrons. The van der Waals surface area contributed by atoms with Gasteiger partial charge in [0.25, 0.3) is 11.5 Å².